The smallest absolute Gasteiger partial charge is 0.330 e. The summed E-state index contributed by atoms with van der Waals surface area (Å²) in [6.07, 6.45) is 1.14. The number of carbonyl (C=O) groups excluding carboxylic acids is 1. The van der Waals surface area contributed by atoms with Crippen molar-refractivity contribution in [1.82, 2.24) is 0 Å². The molecule has 0 aliphatic carbocycles. The minimum Gasteiger partial charge on any atom is -0.478 e. The van der Waals surface area contributed by atoms with Gasteiger partial charge in [0.05, 0.1) is 6.61 Å². The van der Waals surface area contributed by atoms with Gasteiger partial charge in [-0.05, 0) is 13.8 Å². The summed E-state index contributed by atoms with van der Waals surface area (Å²) >= 11 is 0. The van der Waals surface area contributed by atoms with Crippen molar-refractivity contribution in [3.8, 4) is 0 Å². The minimum atomic E-state index is -0.935. The average Bonchev–Trinajstić information content (AvgIpc) is 2.42. The second-order valence-corrected chi connectivity index (χ2v) is 3.20. The Morgan fingerprint density at radius 3 is 1.58 bits per heavy atom. The SMILES string of the molecule is C=C(C)C(=O)O.C=CC(=O)OCC.c1ccccc1. The lowest BCUT2D eigenvalue weighted by molar-refractivity contribution is -0.137. The molecular weight excluding hydrogens is 244 g/mol. The average molecular weight is 264 g/mol. The van der Waals surface area contributed by atoms with Crippen LogP contribution in [-0.2, 0) is 14.3 Å². The fraction of sp³-hybridized carbons (Fsp3) is 0.200. The lowest BCUT2D eigenvalue weighted by atomic mass is 10.4. The summed E-state index contributed by atoms with van der Waals surface area (Å²) in [6.45, 7) is 9.98. The largest absolute Gasteiger partial charge is 0.478 e. The van der Waals surface area contributed by atoms with E-state index in [0.717, 1.165) is 6.08 Å². The Morgan fingerprint density at radius 1 is 1.16 bits per heavy atom. The number of carboxylic acid groups (broad SMARTS) is 1. The lowest BCUT2D eigenvalue weighted by Crippen LogP contribution is -1.97. The zero-order chi connectivity index (χ0) is 15.1. The van der Waals surface area contributed by atoms with Crippen LogP contribution in [0.15, 0.2) is 61.2 Å². The Labute approximate surface area is 114 Å². The molecule has 0 spiro atoms. The van der Waals surface area contributed by atoms with Crippen molar-refractivity contribution in [3.63, 3.8) is 0 Å². The molecule has 1 aromatic carbocycles. The normalized spacial score (nSPS) is 7.68. The number of rotatable bonds is 3. The summed E-state index contributed by atoms with van der Waals surface area (Å²) in [7, 11) is 0. The van der Waals surface area contributed by atoms with E-state index in [9.17, 15) is 9.59 Å². The van der Waals surface area contributed by atoms with Gasteiger partial charge in [-0.25, -0.2) is 9.59 Å². The van der Waals surface area contributed by atoms with Crippen LogP contribution >= 0.6 is 0 Å². The molecule has 0 bridgehead atoms. The predicted molar refractivity (Wildman–Crippen MR) is 75.7 cm³/mol. The van der Waals surface area contributed by atoms with E-state index in [-0.39, 0.29) is 11.5 Å². The fourth-order valence-electron chi connectivity index (χ4n) is 0.586. The van der Waals surface area contributed by atoms with Crippen molar-refractivity contribution in [2.45, 2.75) is 13.8 Å². The molecule has 4 heteroatoms. The van der Waals surface area contributed by atoms with Gasteiger partial charge in [0.2, 0.25) is 0 Å². The molecule has 0 atom stereocenters. The van der Waals surface area contributed by atoms with Crippen LogP contribution in [0.25, 0.3) is 0 Å². The molecule has 19 heavy (non-hydrogen) atoms. The maximum absolute atomic E-state index is 10.1. The van der Waals surface area contributed by atoms with E-state index in [2.05, 4.69) is 17.9 Å². The summed E-state index contributed by atoms with van der Waals surface area (Å²) in [5.74, 6) is -1.29. The van der Waals surface area contributed by atoms with Gasteiger partial charge in [-0.15, -0.1) is 0 Å². The van der Waals surface area contributed by atoms with Crippen molar-refractivity contribution in [1.29, 1.82) is 0 Å². The van der Waals surface area contributed by atoms with Crippen LogP contribution in [0.2, 0.25) is 0 Å². The molecule has 1 aromatic rings. The van der Waals surface area contributed by atoms with Crippen LogP contribution in [0, 0.1) is 0 Å². The molecule has 0 radical (unpaired) electrons. The van der Waals surface area contributed by atoms with Crippen molar-refractivity contribution in [2.24, 2.45) is 0 Å². The number of carbonyl (C=O) groups is 2. The summed E-state index contributed by atoms with van der Waals surface area (Å²) in [4.78, 5) is 19.7. The Bertz CT molecular complexity index is 344. The first-order chi connectivity index (χ1) is 8.95. The van der Waals surface area contributed by atoms with E-state index < -0.39 is 5.97 Å². The first kappa shape index (κ1) is 19.0. The summed E-state index contributed by atoms with van der Waals surface area (Å²) in [5.41, 5.74) is 0.176. The molecule has 0 amide bonds. The second kappa shape index (κ2) is 13.7. The highest BCUT2D eigenvalue weighted by Gasteiger charge is 1.90. The molecule has 0 saturated heterocycles. The quantitative estimate of drug-likeness (QED) is 0.673. The number of benzene rings is 1. The van der Waals surface area contributed by atoms with Crippen LogP contribution in [0.3, 0.4) is 0 Å². The Kier molecular flexibility index (Phi) is 13.7. The van der Waals surface area contributed by atoms with E-state index in [1.807, 2.05) is 36.4 Å². The predicted octanol–water partition coefficient (Wildman–Crippen LogP) is 3.07. The van der Waals surface area contributed by atoms with Gasteiger partial charge in [-0.3, -0.25) is 0 Å². The molecule has 1 rings (SSSR count). The Balaban J connectivity index is 0. The highest BCUT2D eigenvalue weighted by atomic mass is 16.5. The van der Waals surface area contributed by atoms with Gasteiger partial charge < -0.3 is 9.84 Å². The number of esters is 1. The molecule has 0 fully saturated rings. The Hall–Kier alpha value is -2.36. The van der Waals surface area contributed by atoms with E-state index in [1.165, 1.54) is 6.92 Å². The first-order valence-corrected chi connectivity index (χ1v) is 5.63. The third kappa shape index (κ3) is 18.2. The highest BCUT2D eigenvalue weighted by molar-refractivity contribution is 5.84. The maximum Gasteiger partial charge on any atom is 0.330 e. The minimum absolute atomic E-state index is 0.176. The molecule has 0 aliphatic heterocycles. The molecule has 0 saturated carbocycles. The maximum atomic E-state index is 10.1. The van der Waals surface area contributed by atoms with Crippen LogP contribution in [-0.4, -0.2) is 23.7 Å². The number of aliphatic carboxylic acids is 1. The highest BCUT2D eigenvalue weighted by Crippen LogP contribution is 1.81. The second-order valence-electron chi connectivity index (χ2n) is 3.20. The van der Waals surface area contributed by atoms with Gasteiger partial charge in [-0.1, -0.05) is 49.6 Å². The molecule has 0 unspecified atom stereocenters. The van der Waals surface area contributed by atoms with Crippen LogP contribution < -0.4 is 0 Å². The molecule has 4 nitrogen and oxygen atoms in total. The number of ether oxygens (including phenoxy) is 1. The summed E-state index contributed by atoms with van der Waals surface area (Å²) in [6, 6.07) is 12.0. The lowest BCUT2D eigenvalue weighted by Gasteiger charge is -1.90. The fourth-order valence-corrected chi connectivity index (χ4v) is 0.586. The van der Waals surface area contributed by atoms with Gasteiger partial charge in [0.25, 0.3) is 0 Å². The Morgan fingerprint density at radius 2 is 1.47 bits per heavy atom. The van der Waals surface area contributed by atoms with Gasteiger partial charge in [0, 0.05) is 11.6 Å². The standard InChI is InChI=1S/C6H6.C5H8O2.C4H6O2/c1-2-4-6-5-3-1;1-3-5(6)7-4-2;1-3(2)4(5)6/h1-6H;3H,1,4H2,2H3;1H2,2H3,(H,5,6). The van der Waals surface area contributed by atoms with Crippen molar-refractivity contribution in [3.05, 3.63) is 61.2 Å². The van der Waals surface area contributed by atoms with E-state index in [4.69, 9.17) is 5.11 Å². The topological polar surface area (TPSA) is 63.6 Å². The van der Waals surface area contributed by atoms with Crippen molar-refractivity contribution >= 4 is 11.9 Å². The molecule has 0 aliphatic rings. The molecule has 0 aromatic heterocycles. The van der Waals surface area contributed by atoms with E-state index in [1.54, 1.807) is 6.92 Å². The van der Waals surface area contributed by atoms with Gasteiger partial charge in [0.1, 0.15) is 0 Å². The molecular formula is C15H20O4. The van der Waals surface area contributed by atoms with Gasteiger partial charge in [-0.2, -0.15) is 0 Å². The summed E-state index contributed by atoms with van der Waals surface area (Å²) < 4.78 is 4.43. The molecule has 1 N–H and O–H groups in total. The third-order valence-electron chi connectivity index (χ3n) is 1.49. The van der Waals surface area contributed by atoms with Crippen molar-refractivity contribution < 1.29 is 19.4 Å². The summed E-state index contributed by atoms with van der Waals surface area (Å²) in [5, 5.41) is 7.89. The molecule has 104 valence electrons. The zero-order valence-electron chi connectivity index (χ0n) is 11.3. The monoisotopic (exact) mass is 264 g/mol. The molecule has 0 heterocycles. The zero-order valence-corrected chi connectivity index (χ0v) is 11.3. The van der Waals surface area contributed by atoms with Crippen molar-refractivity contribution in [2.75, 3.05) is 6.61 Å². The first-order valence-electron chi connectivity index (χ1n) is 5.63. The number of hydrogen-bond acceptors (Lipinski definition) is 3. The third-order valence-corrected chi connectivity index (χ3v) is 1.49. The van der Waals surface area contributed by atoms with Crippen LogP contribution in [0.5, 0.6) is 0 Å². The van der Waals surface area contributed by atoms with Gasteiger partial charge >= 0.3 is 11.9 Å². The van der Waals surface area contributed by atoms with E-state index in [0.29, 0.717) is 6.61 Å². The van der Waals surface area contributed by atoms with Gasteiger partial charge in [0.15, 0.2) is 0 Å². The van der Waals surface area contributed by atoms with E-state index >= 15 is 0 Å². The van der Waals surface area contributed by atoms with Crippen LogP contribution in [0.1, 0.15) is 13.8 Å². The number of carboxylic acids is 1. The van der Waals surface area contributed by atoms with Crippen LogP contribution in [0.4, 0.5) is 0 Å². The number of hydrogen-bond donors (Lipinski definition) is 1.